The van der Waals surface area contributed by atoms with Gasteiger partial charge in [0.05, 0.1) is 23.9 Å². The van der Waals surface area contributed by atoms with Gasteiger partial charge in [-0.1, -0.05) is 87.4 Å². The Labute approximate surface area is 327 Å². The molecular weight excluding hydrogens is 709 g/mol. The second-order valence-corrected chi connectivity index (χ2v) is 14.1. The number of benzene rings is 4. The number of unbranched alkanes of at least 4 members (excludes halogenated alkanes) is 2. The molecule has 1 aromatic heterocycles. The van der Waals surface area contributed by atoms with Crippen molar-refractivity contribution in [2.75, 3.05) is 25.0 Å². The number of nitroso groups, excluding NO2 is 1. The van der Waals surface area contributed by atoms with Gasteiger partial charge in [0.2, 0.25) is 0 Å². The quantitative estimate of drug-likeness (QED) is 0.131. The number of rotatable bonds is 15. The number of aliphatic hydroxyl groups is 1. The molecule has 3 amide bonds. The van der Waals surface area contributed by atoms with E-state index in [0.29, 0.717) is 66.5 Å². The van der Waals surface area contributed by atoms with E-state index in [9.17, 15) is 24.4 Å². The van der Waals surface area contributed by atoms with Crippen molar-refractivity contribution in [1.82, 2.24) is 19.6 Å². The molecule has 0 saturated carbocycles. The zero-order chi connectivity index (χ0) is 38.9. The number of hydrogen-bond acceptors (Lipinski definition) is 6. The monoisotopic (exact) mass is 759 g/mol. The number of para-hydroxylation sites is 1. The Bertz CT molecular complexity index is 2170. The first-order chi connectivity index (χ1) is 26.8. The summed E-state index contributed by atoms with van der Waals surface area (Å²) in [6, 6.07) is 28.6. The fourth-order valence-corrected chi connectivity index (χ4v) is 7.18. The van der Waals surface area contributed by atoms with Crippen LogP contribution in [0.2, 0.25) is 0 Å². The maximum absolute atomic E-state index is 14.7. The van der Waals surface area contributed by atoms with Gasteiger partial charge < -0.3 is 25.7 Å². The Morgan fingerprint density at radius 1 is 0.857 bits per heavy atom. The number of fused-ring (bicyclic) bond motifs is 1. The van der Waals surface area contributed by atoms with Crippen LogP contribution in [0, 0.1) is 11.8 Å². The average Bonchev–Trinajstić information content (AvgIpc) is 3.61. The molecule has 2 heterocycles. The van der Waals surface area contributed by atoms with E-state index < -0.39 is 6.04 Å². The predicted molar refractivity (Wildman–Crippen MR) is 216 cm³/mol. The van der Waals surface area contributed by atoms with E-state index >= 15 is 0 Å². The molecule has 292 valence electrons. The van der Waals surface area contributed by atoms with E-state index in [4.69, 9.17) is 5.10 Å². The Morgan fingerprint density at radius 3 is 2.21 bits per heavy atom. The number of aromatic nitrogens is 2. The maximum Gasteiger partial charge on any atom is 0.274 e. The van der Waals surface area contributed by atoms with Gasteiger partial charge in [0, 0.05) is 64.7 Å². The van der Waals surface area contributed by atoms with Gasteiger partial charge in [-0.3, -0.25) is 14.4 Å². The van der Waals surface area contributed by atoms with E-state index in [1.54, 1.807) is 58.1 Å². The first-order valence-electron chi connectivity index (χ1n) is 19.1. The normalized spacial score (nSPS) is 13.4. The molecule has 0 bridgehead atoms. The highest BCUT2D eigenvalue weighted by Gasteiger charge is 2.32. The molecule has 0 unspecified atom stereocenters. The van der Waals surface area contributed by atoms with Crippen molar-refractivity contribution >= 4 is 29.1 Å². The number of aryl methyl sites for hydroxylation is 1. The van der Waals surface area contributed by atoms with Crippen LogP contribution in [0.15, 0.2) is 97.1 Å². The molecule has 0 fully saturated rings. The molecule has 56 heavy (non-hydrogen) atoms. The van der Waals surface area contributed by atoms with Crippen LogP contribution in [0.4, 0.5) is 11.4 Å². The van der Waals surface area contributed by atoms with Gasteiger partial charge in [0.1, 0.15) is 0 Å². The van der Waals surface area contributed by atoms with Crippen molar-refractivity contribution in [3.05, 3.63) is 147 Å². The van der Waals surface area contributed by atoms with Crippen molar-refractivity contribution in [2.24, 2.45) is 0 Å². The molecule has 0 radical (unpaired) electrons. The minimum absolute atomic E-state index is 0. The number of nitrogens with zero attached hydrogens (tertiary/aromatic N) is 4. The summed E-state index contributed by atoms with van der Waals surface area (Å²) < 4.78 is 1.62. The Hall–Kier alpha value is -5.98. The zero-order valence-electron chi connectivity index (χ0n) is 32.3. The molecule has 12 nitrogen and oxygen atoms in total. The largest absolute Gasteiger partial charge is 0.412 e. The second kappa shape index (κ2) is 19.1. The number of amides is 3. The third-order valence-corrected chi connectivity index (χ3v) is 10.3. The summed E-state index contributed by atoms with van der Waals surface area (Å²) in [7, 11) is 0. The van der Waals surface area contributed by atoms with Crippen molar-refractivity contribution in [3.63, 3.8) is 0 Å². The summed E-state index contributed by atoms with van der Waals surface area (Å²) in [5.41, 5.74) is 6.49. The minimum atomic E-state index is -0.464. The predicted octanol–water partition coefficient (Wildman–Crippen LogP) is 5.28. The fourth-order valence-electron chi connectivity index (χ4n) is 7.18. The van der Waals surface area contributed by atoms with E-state index in [1.807, 2.05) is 65.5 Å². The second-order valence-electron chi connectivity index (χ2n) is 14.1. The molecule has 1 atom stereocenters. The highest BCUT2D eigenvalue weighted by Crippen LogP contribution is 2.30. The lowest BCUT2D eigenvalue weighted by Crippen LogP contribution is -2.56. The fraction of sp³-hybridized carbons (Fsp3) is 0.318. The van der Waals surface area contributed by atoms with Crippen LogP contribution >= 0.6 is 0 Å². The van der Waals surface area contributed by atoms with Gasteiger partial charge in [-0.05, 0) is 73.2 Å². The number of hydrogen-bond donors (Lipinski definition) is 3. The third-order valence-electron chi connectivity index (χ3n) is 10.3. The van der Waals surface area contributed by atoms with Gasteiger partial charge in [-0.2, -0.15) is 5.10 Å². The van der Waals surface area contributed by atoms with Crippen LogP contribution < -0.4 is 10.5 Å². The Morgan fingerprint density at radius 2 is 1.52 bits per heavy atom. The molecule has 1 aliphatic rings. The highest BCUT2D eigenvalue weighted by atomic mass is 16.3. The van der Waals surface area contributed by atoms with Crippen molar-refractivity contribution in [2.45, 2.75) is 71.9 Å². The van der Waals surface area contributed by atoms with Crippen LogP contribution in [0.1, 0.15) is 98.7 Å². The highest BCUT2D eigenvalue weighted by molar-refractivity contribution is 6.07. The average molecular weight is 760 g/mol. The number of carbonyl (C=O) groups is 3. The Kier molecular flexibility index (Phi) is 14.0. The van der Waals surface area contributed by atoms with Crippen LogP contribution in [0.5, 0.6) is 0 Å². The number of anilines is 1. The smallest absolute Gasteiger partial charge is 0.274 e. The van der Waals surface area contributed by atoms with Gasteiger partial charge in [-0.15, -0.1) is 0 Å². The van der Waals surface area contributed by atoms with E-state index in [0.717, 1.165) is 47.9 Å². The molecular formula is C44H51N6O6+. The maximum atomic E-state index is 14.7. The number of aliphatic hydroxyl groups excluding tert-OH is 1. The standard InChI is InChI=1S/C44H48N6O5.H2O/c1-4-6-22-48(23-7-5-2)44(54)40-24-30(3)50(46-40)41-21-20-35(27-38(41)43(53)49-28-34-17-9-8-14-31(34)26-36(49)29-51)45-42(52)37-18-12-10-15-32(37)25-33-16-11-13-19-39(33)47-55;/h8-21,24,27,36,51H,4-7,22-23,25-26,28-29H2,1-3H3,(H,45,52);1H2/p+1/t36-;/m0./s1. The van der Waals surface area contributed by atoms with Crippen LogP contribution in [-0.2, 0) is 19.4 Å². The van der Waals surface area contributed by atoms with Crippen molar-refractivity contribution in [1.29, 1.82) is 0 Å². The molecule has 12 heteroatoms. The van der Waals surface area contributed by atoms with E-state index in [2.05, 4.69) is 19.2 Å². The molecule has 4 aromatic carbocycles. The lowest BCUT2D eigenvalue weighted by atomic mass is 9.93. The van der Waals surface area contributed by atoms with Crippen molar-refractivity contribution < 1.29 is 30.1 Å². The minimum Gasteiger partial charge on any atom is -0.412 e. The summed E-state index contributed by atoms with van der Waals surface area (Å²) >= 11 is 0. The number of carbonyl (C=O) groups excluding carboxylic acids is 3. The van der Waals surface area contributed by atoms with E-state index in [1.165, 1.54) is 0 Å². The molecule has 1 aliphatic heterocycles. The molecule has 5 aromatic rings. The van der Waals surface area contributed by atoms with Gasteiger partial charge in [0.25, 0.3) is 23.4 Å². The molecule has 0 saturated heterocycles. The first kappa shape index (κ1) is 41.2. The third kappa shape index (κ3) is 9.10. The molecule has 6 rings (SSSR count). The summed E-state index contributed by atoms with van der Waals surface area (Å²) in [5.74, 6) is -0.866. The topological polar surface area (TPSA) is 170 Å². The van der Waals surface area contributed by atoms with E-state index in [-0.39, 0.29) is 35.4 Å². The molecule has 0 spiro atoms. The lowest BCUT2D eigenvalue weighted by Gasteiger charge is -2.36. The van der Waals surface area contributed by atoms with Crippen LogP contribution in [-0.4, -0.2) is 73.6 Å². The summed E-state index contributed by atoms with van der Waals surface area (Å²) in [6.07, 6.45) is 4.56. The molecule has 5 N–H and O–H groups in total. The zero-order valence-corrected chi connectivity index (χ0v) is 32.3. The lowest BCUT2D eigenvalue weighted by molar-refractivity contribution is -0.380. The number of nitrogens with one attached hydrogen (secondary N) is 2. The first-order valence-corrected chi connectivity index (χ1v) is 19.1. The molecule has 0 aliphatic carbocycles. The summed E-state index contributed by atoms with van der Waals surface area (Å²) in [4.78, 5) is 57.6. The van der Waals surface area contributed by atoms with Gasteiger partial charge >= 0.3 is 0 Å². The van der Waals surface area contributed by atoms with Crippen molar-refractivity contribution in [3.8, 4) is 5.69 Å². The van der Waals surface area contributed by atoms with Gasteiger partial charge in [0.15, 0.2) is 5.69 Å². The SMILES string of the molecule is CCCCN(CCCC)C(=O)c1cc(C)n(-c2ccc(NC(=O)c3ccccc3Cc3ccccc3[NH+]=O)cc2C(=O)N2Cc3ccccc3C[C@H]2CO)n1.O. The van der Waals surface area contributed by atoms with Crippen LogP contribution in [0.25, 0.3) is 5.69 Å². The Balaban J connectivity index is 0.00000600. The van der Waals surface area contributed by atoms with Crippen LogP contribution in [0.3, 0.4) is 0 Å². The van der Waals surface area contributed by atoms with Gasteiger partial charge in [-0.25, -0.2) is 4.68 Å². The summed E-state index contributed by atoms with van der Waals surface area (Å²) in [5, 5.41) is 20.2. The summed E-state index contributed by atoms with van der Waals surface area (Å²) in [6.45, 7) is 7.41.